The van der Waals surface area contributed by atoms with E-state index in [2.05, 4.69) is 0 Å². The summed E-state index contributed by atoms with van der Waals surface area (Å²) in [4.78, 5) is 23.9. The van der Waals surface area contributed by atoms with E-state index in [0.29, 0.717) is 6.07 Å². The van der Waals surface area contributed by atoms with Gasteiger partial charge in [-0.1, -0.05) is 25.4 Å². The Hall–Kier alpha value is -1.68. The summed E-state index contributed by atoms with van der Waals surface area (Å²) in [5.41, 5.74) is -0.725. The van der Waals surface area contributed by atoms with Crippen molar-refractivity contribution in [1.82, 2.24) is 0 Å². The van der Waals surface area contributed by atoms with Crippen molar-refractivity contribution in [3.63, 3.8) is 0 Å². The number of imide groups is 1. The van der Waals surface area contributed by atoms with Crippen molar-refractivity contribution in [3.05, 3.63) is 23.0 Å². The number of halogens is 5. The number of nitrogens with zero attached hydrogens (tertiary/aromatic N) is 1. The standard InChI is InChI=1S/C16H16ClF4NO4S/c1-8(2)7-27(25,26)13-6-12(11(18)5-10(13)17)22-14(23)3-9(4-15(22)24)16(19,20)21/h5-6,8-9H,3-4,7H2,1-2H3. The fraction of sp³-hybridized carbons (Fsp3) is 0.500. The molecular weight excluding hydrogens is 414 g/mol. The highest BCUT2D eigenvalue weighted by Gasteiger charge is 2.48. The molecule has 2 amide bonds. The zero-order valence-electron chi connectivity index (χ0n) is 14.3. The zero-order valence-corrected chi connectivity index (χ0v) is 15.9. The van der Waals surface area contributed by atoms with Crippen LogP contribution in [0.4, 0.5) is 23.2 Å². The third-order valence-corrected chi connectivity index (χ3v) is 6.47. The molecule has 1 aliphatic rings. The summed E-state index contributed by atoms with van der Waals surface area (Å²) < 4.78 is 77.5. The Morgan fingerprint density at radius 3 is 2.15 bits per heavy atom. The van der Waals surface area contributed by atoms with Gasteiger partial charge in [-0.2, -0.15) is 13.2 Å². The normalized spacial score (nSPS) is 17.1. The average Bonchev–Trinajstić information content (AvgIpc) is 2.45. The molecule has 0 aliphatic carbocycles. The SMILES string of the molecule is CC(C)CS(=O)(=O)c1cc(N2C(=O)CC(C(F)(F)F)CC2=O)c(F)cc1Cl. The van der Waals surface area contributed by atoms with E-state index in [0.717, 1.165) is 6.07 Å². The van der Waals surface area contributed by atoms with Gasteiger partial charge in [0.05, 0.1) is 27.3 Å². The number of anilines is 1. The lowest BCUT2D eigenvalue weighted by Gasteiger charge is -2.31. The van der Waals surface area contributed by atoms with Crippen LogP contribution in [0.3, 0.4) is 0 Å². The molecule has 1 fully saturated rings. The number of carbonyl (C=O) groups is 2. The predicted octanol–water partition coefficient (Wildman–Crippen LogP) is 3.74. The van der Waals surface area contributed by atoms with E-state index < -0.39 is 68.0 Å². The van der Waals surface area contributed by atoms with Crippen molar-refractivity contribution < 1.29 is 35.6 Å². The highest BCUT2D eigenvalue weighted by atomic mass is 35.5. The third kappa shape index (κ3) is 4.60. The van der Waals surface area contributed by atoms with E-state index >= 15 is 0 Å². The van der Waals surface area contributed by atoms with Gasteiger partial charge in [-0.05, 0) is 18.1 Å². The minimum absolute atomic E-state index is 0.252. The maximum Gasteiger partial charge on any atom is 0.392 e. The molecule has 0 spiro atoms. The lowest BCUT2D eigenvalue weighted by atomic mass is 9.94. The quantitative estimate of drug-likeness (QED) is 0.415. The largest absolute Gasteiger partial charge is 0.392 e. The van der Waals surface area contributed by atoms with E-state index in [9.17, 15) is 35.6 Å². The van der Waals surface area contributed by atoms with Crippen LogP contribution in [0.25, 0.3) is 0 Å². The van der Waals surface area contributed by atoms with Crippen LogP contribution in [0.5, 0.6) is 0 Å². The molecule has 1 aliphatic heterocycles. The number of amides is 2. The fourth-order valence-corrected chi connectivity index (χ4v) is 4.98. The van der Waals surface area contributed by atoms with Crippen molar-refractivity contribution in [1.29, 1.82) is 0 Å². The summed E-state index contributed by atoms with van der Waals surface area (Å²) in [6, 6.07) is 1.35. The first kappa shape index (κ1) is 21.6. The lowest BCUT2D eigenvalue weighted by Crippen LogP contribution is -2.47. The molecule has 27 heavy (non-hydrogen) atoms. The highest BCUT2D eigenvalue weighted by molar-refractivity contribution is 7.91. The Kier molecular flexibility index (Phi) is 5.91. The number of hydrogen-bond acceptors (Lipinski definition) is 4. The second-order valence-corrected chi connectivity index (χ2v) is 9.09. The van der Waals surface area contributed by atoms with Crippen LogP contribution < -0.4 is 4.90 Å². The lowest BCUT2D eigenvalue weighted by molar-refractivity contribution is -0.185. The number of piperidine rings is 1. The van der Waals surface area contributed by atoms with Gasteiger partial charge in [0.2, 0.25) is 11.8 Å². The number of alkyl halides is 3. The second-order valence-electron chi connectivity index (χ2n) is 6.68. The predicted molar refractivity (Wildman–Crippen MR) is 89.6 cm³/mol. The van der Waals surface area contributed by atoms with Gasteiger partial charge in [0.1, 0.15) is 5.82 Å². The van der Waals surface area contributed by atoms with Crippen molar-refractivity contribution in [2.45, 2.75) is 37.8 Å². The summed E-state index contributed by atoms with van der Waals surface area (Å²) in [5.74, 6) is -6.48. The highest BCUT2D eigenvalue weighted by Crippen LogP contribution is 2.38. The summed E-state index contributed by atoms with van der Waals surface area (Å²) in [5, 5.41) is -0.443. The van der Waals surface area contributed by atoms with Crippen molar-refractivity contribution in [2.24, 2.45) is 11.8 Å². The van der Waals surface area contributed by atoms with E-state index in [1.807, 2.05) is 0 Å². The molecule has 1 aromatic carbocycles. The van der Waals surface area contributed by atoms with Gasteiger partial charge < -0.3 is 0 Å². The molecule has 0 radical (unpaired) electrons. The van der Waals surface area contributed by atoms with Crippen LogP contribution in [0.2, 0.25) is 5.02 Å². The van der Waals surface area contributed by atoms with Crippen molar-refractivity contribution in [2.75, 3.05) is 10.7 Å². The van der Waals surface area contributed by atoms with Gasteiger partial charge in [0.15, 0.2) is 9.84 Å². The molecule has 0 unspecified atom stereocenters. The number of sulfone groups is 1. The van der Waals surface area contributed by atoms with Gasteiger partial charge in [-0.3, -0.25) is 9.59 Å². The van der Waals surface area contributed by atoms with E-state index in [4.69, 9.17) is 11.6 Å². The minimum atomic E-state index is -4.75. The van der Waals surface area contributed by atoms with Gasteiger partial charge in [0, 0.05) is 12.8 Å². The Morgan fingerprint density at radius 1 is 1.19 bits per heavy atom. The smallest absolute Gasteiger partial charge is 0.274 e. The zero-order chi connectivity index (χ0) is 20.7. The molecule has 0 saturated carbocycles. The Morgan fingerprint density at radius 2 is 1.70 bits per heavy atom. The summed E-state index contributed by atoms with van der Waals surface area (Å²) >= 11 is 5.81. The van der Waals surface area contributed by atoms with Crippen molar-refractivity contribution >= 4 is 38.9 Å². The molecule has 0 atom stereocenters. The maximum absolute atomic E-state index is 14.3. The first-order valence-corrected chi connectivity index (χ1v) is 9.91. The van der Waals surface area contributed by atoms with E-state index in [1.54, 1.807) is 13.8 Å². The molecule has 11 heteroatoms. The molecule has 1 saturated heterocycles. The molecule has 0 aromatic heterocycles. The van der Waals surface area contributed by atoms with Crippen LogP contribution >= 0.6 is 11.6 Å². The number of benzene rings is 1. The number of rotatable bonds is 4. The Labute approximate surface area is 158 Å². The van der Waals surface area contributed by atoms with Crippen LogP contribution in [0, 0.1) is 17.7 Å². The van der Waals surface area contributed by atoms with Gasteiger partial charge in [-0.25, -0.2) is 17.7 Å². The molecule has 0 N–H and O–H groups in total. The molecule has 5 nitrogen and oxygen atoms in total. The van der Waals surface area contributed by atoms with E-state index in [1.165, 1.54) is 0 Å². The summed E-state index contributed by atoms with van der Waals surface area (Å²) in [7, 11) is -3.96. The fourth-order valence-electron chi connectivity index (χ4n) is 2.77. The molecule has 0 bridgehead atoms. The monoisotopic (exact) mass is 429 g/mol. The van der Waals surface area contributed by atoms with Crippen LogP contribution in [0.15, 0.2) is 17.0 Å². The Balaban J connectivity index is 2.49. The Bertz CT molecular complexity index is 865. The second kappa shape index (κ2) is 7.38. The van der Waals surface area contributed by atoms with Crippen LogP contribution in [0.1, 0.15) is 26.7 Å². The van der Waals surface area contributed by atoms with Crippen molar-refractivity contribution in [3.8, 4) is 0 Å². The topological polar surface area (TPSA) is 71.5 Å². The van der Waals surface area contributed by atoms with Crippen LogP contribution in [-0.2, 0) is 19.4 Å². The van der Waals surface area contributed by atoms with E-state index in [-0.39, 0.29) is 16.6 Å². The molecule has 150 valence electrons. The molecule has 2 rings (SSSR count). The molecule has 1 heterocycles. The van der Waals surface area contributed by atoms with Gasteiger partial charge in [0.25, 0.3) is 0 Å². The number of carbonyl (C=O) groups excluding carboxylic acids is 2. The minimum Gasteiger partial charge on any atom is -0.274 e. The summed E-state index contributed by atoms with van der Waals surface area (Å²) in [6.07, 6.45) is -6.82. The summed E-state index contributed by atoms with van der Waals surface area (Å²) in [6.45, 7) is 3.26. The first-order valence-electron chi connectivity index (χ1n) is 7.88. The maximum atomic E-state index is 14.3. The van der Waals surface area contributed by atoms with Gasteiger partial charge >= 0.3 is 6.18 Å². The third-order valence-electron chi connectivity index (χ3n) is 3.93. The van der Waals surface area contributed by atoms with Gasteiger partial charge in [-0.15, -0.1) is 0 Å². The first-order chi connectivity index (χ1) is 12.2. The molecule has 1 aromatic rings. The molecular formula is C16H16ClF4NO4S. The number of hydrogen-bond donors (Lipinski definition) is 0. The average molecular weight is 430 g/mol. The van der Waals surface area contributed by atoms with Crippen LogP contribution in [-0.4, -0.2) is 32.2 Å².